The number of nitrogens with two attached hydrogens (primary N) is 1. The first-order valence-electron chi connectivity index (χ1n) is 7.60. The molecule has 1 saturated carbocycles. The number of carbonyl (C=O) groups excluding carboxylic acids is 1. The van der Waals surface area contributed by atoms with E-state index in [2.05, 4.69) is 24.3 Å². The quantitative estimate of drug-likeness (QED) is 0.866. The van der Waals surface area contributed by atoms with Crippen LogP contribution in [0, 0.1) is 5.41 Å². The molecule has 3 rings (SSSR count). The molecule has 0 aliphatic heterocycles. The molecule has 1 unspecified atom stereocenters. The van der Waals surface area contributed by atoms with Gasteiger partial charge in [-0.05, 0) is 43.2 Å². The van der Waals surface area contributed by atoms with Crippen molar-refractivity contribution in [3.8, 4) is 0 Å². The van der Waals surface area contributed by atoms with Gasteiger partial charge in [0.15, 0.2) is 0 Å². The highest BCUT2D eigenvalue weighted by Crippen LogP contribution is 2.48. The maximum absolute atomic E-state index is 11.5. The Morgan fingerprint density at radius 2 is 1.70 bits per heavy atom. The maximum atomic E-state index is 11.5. The first-order chi connectivity index (χ1) is 9.59. The molecule has 1 aromatic carbocycles. The van der Waals surface area contributed by atoms with E-state index in [0.717, 1.165) is 19.3 Å². The molecule has 108 valence electrons. The van der Waals surface area contributed by atoms with Crippen LogP contribution < -0.4 is 5.73 Å². The van der Waals surface area contributed by atoms with Gasteiger partial charge in [-0.1, -0.05) is 24.3 Å². The number of fused-ring (bicyclic) bond motifs is 1. The fourth-order valence-corrected chi connectivity index (χ4v) is 4.03. The van der Waals surface area contributed by atoms with Gasteiger partial charge in [-0.25, -0.2) is 0 Å². The van der Waals surface area contributed by atoms with Gasteiger partial charge in [0.1, 0.15) is 5.78 Å². The molecule has 2 aliphatic carbocycles. The molecule has 3 N–H and O–H groups in total. The number of Topliss-reactive ketones (excluding diaryl/α,β-unsaturated/α-hetero) is 1. The Morgan fingerprint density at radius 3 is 2.35 bits per heavy atom. The highest BCUT2D eigenvalue weighted by atomic mass is 16.3. The molecule has 0 amide bonds. The first-order valence-corrected chi connectivity index (χ1v) is 7.60. The summed E-state index contributed by atoms with van der Waals surface area (Å²) in [5, 5.41) is 11.2. The fourth-order valence-electron chi connectivity index (χ4n) is 4.03. The van der Waals surface area contributed by atoms with Gasteiger partial charge in [-0.3, -0.25) is 4.79 Å². The molecule has 1 aromatic rings. The van der Waals surface area contributed by atoms with Gasteiger partial charge in [-0.2, -0.15) is 0 Å². The molecule has 1 atom stereocenters. The van der Waals surface area contributed by atoms with Gasteiger partial charge in [0.2, 0.25) is 0 Å². The topological polar surface area (TPSA) is 63.3 Å². The van der Waals surface area contributed by atoms with Crippen LogP contribution in [0.25, 0.3) is 0 Å². The highest BCUT2D eigenvalue weighted by molar-refractivity contribution is 5.79. The molecule has 0 saturated heterocycles. The molecule has 0 bridgehead atoms. The second-order valence-corrected chi connectivity index (χ2v) is 6.50. The van der Waals surface area contributed by atoms with E-state index in [-0.39, 0.29) is 11.2 Å². The minimum atomic E-state index is -0.775. The van der Waals surface area contributed by atoms with Crippen LogP contribution >= 0.6 is 0 Å². The van der Waals surface area contributed by atoms with Crippen molar-refractivity contribution in [1.29, 1.82) is 0 Å². The monoisotopic (exact) mass is 273 g/mol. The van der Waals surface area contributed by atoms with Gasteiger partial charge in [-0.15, -0.1) is 0 Å². The Morgan fingerprint density at radius 1 is 1.05 bits per heavy atom. The van der Waals surface area contributed by atoms with Crippen molar-refractivity contribution in [3.05, 3.63) is 35.4 Å². The van der Waals surface area contributed by atoms with E-state index in [1.165, 1.54) is 11.1 Å². The van der Waals surface area contributed by atoms with E-state index in [4.69, 9.17) is 5.73 Å². The van der Waals surface area contributed by atoms with Crippen LogP contribution in [-0.4, -0.2) is 23.0 Å². The summed E-state index contributed by atoms with van der Waals surface area (Å²) in [5.74, 6) is 0.276. The van der Waals surface area contributed by atoms with E-state index in [0.29, 0.717) is 32.2 Å². The summed E-state index contributed by atoms with van der Waals surface area (Å²) in [4.78, 5) is 11.5. The number of hydrogen-bond donors (Lipinski definition) is 2. The Kier molecular flexibility index (Phi) is 3.43. The van der Waals surface area contributed by atoms with Crippen LogP contribution in [0.2, 0.25) is 0 Å². The molecule has 3 nitrogen and oxygen atoms in total. The molecule has 20 heavy (non-hydrogen) atoms. The number of aryl methyl sites for hydroxylation is 1. The van der Waals surface area contributed by atoms with E-state index >= 15 is 0 Å². The van der Waals surface area contributed by atoms with Crippen molar-refractivity contribution in [1.82, 2.24) is 0 Å². The second kappa shape index (κ2) is 4.97. The van der Waals surface area contributed by atoms with E-state index in [1.54, 1.807) is 0 Å². The van der Waals surface area contributed by atoms with Crippen LogP contribution in [0.1, 0.15) is 43.2 Å². The summed E-state index contributed by atoms with van der Waals surface area (Å²) in [6, 6.07) is 8.45. The SMILES string of the molecule is NCC1(C2(O)CCC(=O)CC2)CCc2ccccc2C1. The van der Waals surface area contributed by atoms with Crippen molar-refractivity contribution < 1.29 is 9.90 Å². The molecule has 0 heterocycles. The van der Waals surface area contributed by atoms with Gasteiger partial charge in [0, 0.05) is 24.8 Å². The van der Waals surface area contributed by atoms with Crippen molar-refractivity contribution in [2.75, 3.05) is 6.54 Å². The lowest BCUT2D eigenvalue weighted by atomic mass is 9.58. The molecular weight excluding hydrogens is 250 g/mol. The van der Waals surface area contributed by atoms with Gasteiger partial charge >= 0.3 is 0 Å². The number of benzene rings is 1. The van der Waals surface area contributed by atoms with Crippen molar-refractivity contribution >= 4 is 5.78 Å². The lowest BCUT2D eigenvalue weighted by Gasteiger charge is -2.51. The smallest absolute Gasteiger partial charge is 0.133 e. The van der Waals surface area contributed by atoms with Gasteiger partial charge in [0.25, 0.3) is 0 Å². The largest absolute Gasteiger partial charge is 0.389 e. The van der Waals surface area contributed by atoms with Crippen LogP contribution in [0.5, 0.6) is 0 Å². The third-order valence-corrected chi connectivity index (χ3v) is 5.53. The van der Waals surface area contributed by atoms with Gasteiger partial charge in [0.05, 0.1) is 5.60 Å². The molecule has 0 radical (unpaired) electrons. The molecule has 0 spiro atoms. The molecule has 3 heteroatoms. The number of hydrogen-bond acceptors (Lipinski definition) is 3. The summed E-state index contributed by atoms with van der Waals surface area (Å²) in [5.41, 5.74) is 7.76. The number of carbonyl (C=O) groups is 1. The van der Waals surface area contributed by atoms with Crippen molar-refractivity contribution in [2.24, 2.45) is 11.1 Å². The average Bonchev–Trinajstić information content (AvgIpc) is 2.49. The number of rotatable bonds is 2. The van der Waals surface area contributed by atoms with Crippen molar-refractivity contribution in [2.45, 2.75) is 50.5 Å². The second-order valence-electron chi connectivity index (χ2n) is 6.50. The minimum Gasteiger partial charge on any atom is -0.389 e. The van der Waals surface area contributed by atoms with E-state index < -0.39 is 5.60 Å². The predicted molar refractivity (Wildman–Crippen MR) is 78.4 cm³/mol. The predicted octanol–water partition coefficient (Wildman–Crippen LogP) is 1.99. The summed E-state index contributed by atoms with van der Waals surface area (Å²) in [6.07, 6.45) is 4.88. The van der Waals surface area contributed by atoms with Gasteiger partial charge < -0.3 is 10.8 Å². The highest BCUT2D eigenvalue weighted by Gasteiger charge is 2.51. The molecule has 0 aromatic heterocycles. The van der Waals surface area contributed by atoms with Crippen LogP contribution in [-0.2, 0) is 17.6 Å². The number of ketones is 1. The zero-order valence-corrected chi connectivity index (χ0v) is 11.9. The third kappa shape index (κ3) is 2.09. The summed E-state index contributed by atoms with van der Waals surface area (Å²) in [6.45, 7) is 0.492. The third-order valence-electron chi connectivity index (χ3n) is 5.53. The van der Waals surface area contributed by atoms with Crippen LogP contribution in [0.15, 0.2) is 24.3 Å². The van der Waals surface area contributed by atoms with Crippen molar-refractivity contribution in [3.63, 3.8) is 0 Å². The molecule has 1 fully saturated rings. The Balaban J connectivity index is 1.91. The maximum Gasteiger partial charge on any atom is 0.133 e. The zero-order chi connectivity index (χ0) is 14.2. The summed E-state index contributed by atoms with van der Waals surface area (Å²) in [7, 11) is 0. The molecular formula is C17H23NO2. The Bertz CT molecular complexity index is 515. The normalized spacial score (nSPS) is 29.0. The summed E-state index contributed by atoms with van der Waals surface area (Å²) >= 11 is 0. The number of aliphatic hydroxyl groups is 1. The zero-order valence-electron chi connectivity index (χ0n) is 11.9. The van der Waals surface area contributed by atoms with E-state index in [1.807, 2.05) is 0 Å². The lowest BCUT2D eigenvalue weighted by molar-refractivity contribution is -0.139. The minimum absolute atomic E-state index is 0.262. The Hall–Kier alpha value is -1.19. The summed E-state index contributed by atoms with van der Waals surface area (Å²) < 4.78 is 0. The standard InChI is InChI=1S/C17H23NO2/c18-12-16(17(20)9-6-15(19)7-10-17)8-5-13-3-1-2-4-14(13)11-16/h1-4,20H,5-12,18H2. The van der Waals surface area contributed by atoms with Crippen LogP contribution in [0.4, 0.5) is 0 Å². The van der Waals surface area contributed by atoms with E-state index in [9.17, 15) is 9.90 Å². The first kappa shape index (κ1) is 13.8. The lowest BCUT2D eigenvalue weighted by Crippen LogP contribution is -2.57. The fraction of sp³-hybridized carbons (Fsp3) is 0.588. The average molecular weight is 273 g/mol. The molecule has 2 aliphatic rings. The van der Waals surface area contributed by atoms with Crippen LogP contribution in [0.3, 0.4) is 0 Å². The Labute approximate surface area is 120 Å².